The van der Waals surface area contributed by atoms with Crippen molar-refractivity contribution < 1.29 is 22.4 Å². The summed E-state index contributed by atoms with van der Waals surface area (Å²) in [6.45, 7) is 4.67. The van der Waals surface area contributed by atoms with Crippen LogP contribution in [0.15, 0.2) is 82.3 Å². The smallest absolute Gasteiger partial charge is 0.406 e. The molecule has 0 saturated carbocycles. The highest BCUT2D eigenvalue weighted by Crippen LogP contribution is 2.34. The molecule has 0 atom stereocenters. The zero-order valence-electron chi connectivity index (χ0n) is 20.7. The first kappa shape index (κ1) is 25.6. The number of aliphatic imine (C=N–C) groups is 1. The van der Waals surface area contributed by atoms with Gasteiger partial charge in [0.1, 0.15) is 11.3 Å². The van der Waals surface area contributed by atoms with E-state index >= 15 is 0 Å². The molecule has 5 aromatic rings. The number of rotatable bonds is 7. The van der Waals surface area contributed by atoms with E-state index in [1.54, 1.807) is 0 Å². The standard InChI is InChI=1S/C30H23F3N2O2S/c1-18-4-3-5-19(2)27(18)15-24(38)17-34-16-20-6-12-25-22(14-20)9-13-26-28(25)35-37-29(26)21-7-10-23(11-8-21)36-30(31,32)33/h3-14,16H,15,17H2,1-2H3. The molecule has 0 spiro atoms. The SMILES string of the molecule is Cc1cccc(C)c1CC(=S)CN=Cc1ccc2c(ccc3c(-c4ccc(OC(F)(F)F)cc4)onc32)c1. The molecule has 0 aliphatic rings. The number of halogens is 3. The first-order valence-electron chi connectivity index (χ1n) is 11.9. The number of nitrogens with zero attached hydrogens (tertiary/aromatic N) is 2. The van der Waals surface area contributed by atoms with E-state index in [9.17, 15) is 13.2 Å². The summed E-state index contributed by atoms with van der Waals surface area (Å²) in [4.78, 5) is 5.44. The second kappa shape index (κ2) is 10.4. The maximum absolute atomic E-state index is 12.4. The van der Waals surface area contributed by atoms with E-state index in [0.29, 0.717) is 23.4 Å². The first-order chi connectivity index (χ1) is 18.2. The van der Waals surface area contributed by atoms with Crippen molar-refractivity contribution in [2.24, 2.45) is 4.99 Å². The van der Waals surface area contributed by atoms with Gasteiger partial charge in [-0.2, -0.15) is 0 Å². The van der Waals surface area contributed by atoms with Crippen LogP contribution in [0, 0.1) is 13.8 Å². The molecule has 192 valence electrons. The fraction of sp³-hybridized carbons (Fsp3) is 0.167. The van der Waals surface area contributed by atoms with Gasteiger partial charge in [0.25, 0.3) is 0 Å². The Bertz CT molecular complexity index is 1650. The van der Waals surface area contributed by atoms with Crippen LogP contribution in [0.1, 0.15) is 22.3 Å². The molecular formula is C30H23F3N2O2S. The van der Waals surface area contributed by atoms with Crippen LogP contribution in [-0.2, 0) is 6.42 Å². The third-order valence-electron chi connectivity index (χ3n) is 6.36. The van der Waals surface area contributed by atoms with Crippen LogP contribution in [-0.4, -0.2) is 29.1 Å². The molecule has 0 fully saturated rings. The average Bonchev–Trinajstić information content (AvgIpc) is 3.30. The number of ether oxygens (including phenoxy) is 1. The molecule has 38 heavy (non-hydrogen) atoms. The molecule has 5 rings (SSSR count). The van der Waals surface area contributed by atoms with E-state index in [0.717, 1.165) is 33.0 Å². The predicted molar refractivity (Wildman–Crippen MR) is 148 cm³/mol. The monoisotopic (exact) mass is 532 g/mol. The molecule has 4 aromatic carbocycles. The molecule has 0 radical (unpaired) electrons. The third-order valence-corrected chi connectivity index (χ3v) is 6.64. The highest BCUT2D eigenvalue weighted by molar-refractivity contribution is 7.80. The molecule has 0 amide bonds. The highest BCUT2D eigenvalue weighted by atomic mass is 32.1. The Balaban J connectivity index is 1.32. The van der Waals surface area contributed by atoms with Crippen molar-refractivity contribution in [3.63, 3.8) is 0 Å². The molecule has 8 heteroatoms. The van der Waals surface area contributed by atoms with Crippen LogP contribution < -0.4 is 4.74 Å². The van der Waals surface area contributed by atoms with Crippen LogP contribution in [0.4, 0.5) is 13.2 Å². The van der Waals surface area contributed by atoms with E-state index in [2.05, 4.69) is 46.9 Å². The zero-order chi connectivity index (χ0) is 26.9. The maximum atomic E-state index is 12.4. The summed E-state index contributed by atoms with van der Waals surface area (Å²) < 4.78 is 46.9. The minimum absolute atomic E-state index is 0.296. The maximum Gasteiger partial charge on any atom is 0.573 e. The van der Waals surface area contributed by atoms with Crippen molar-refractivity contribution in [3.8, 4) is 17.1 Å². The number of fused-ring (bicyclic) bond motifs is 3. The molecule has 4 nitrogen and oxygen atoms in total. The molecule has 1 aromatic heterocycles. The van der Waals surface area contributed by atoms with Crippen molar-refractivity contribution in [1.29, 1.82) is 0 Å². The van der Waals surface area contributed by atoms with Gasteiger partial charge in [0.2, 0.25) is 0 Å². The Labute approximate surface area is 222 Å². The normalized spacial score (nSPS) is 12.0. The average molecular weight is 533 g/mol. The fourth-order valence-corrected chi connectivity index (χ4v) is 4.70. The Kier molecular flexibility index (Phi) is 6.99. The van der Waals surface area contributed by atoms with Gasteiger partial charge in [0.15, 0.2) is 5.76 Å². The van der Waals surface area contributed by atoms with E-state index in [-0.39, 0.29) is 5.75 Å². The minimum atomic E-state index is -4.74. The quantitative estimate of drug-likeness (QED) is 0.157. The Hall–Kier alpha value is -4.04. The van der Waals surface area contributed by atoms with Crippen LogP contribution in [0.25, 0.3) is 33.0 Å². The lowest BCUT2D eigenvalue weighted by molar-refractivity contribution is -0.274. The van der Waals surface area contributed by atoms with Crippen LogP contribution in [0.5, 0.6) is 5.75 Å². The predicted octanol–water partition coefficient (Wildman–Crippen LogP) is 8.19. The lowest BCUT2D eigenvalue weighted by Gasteiger charge is -2.09. The van der Waals surface area contributed by atoms with Gasteiger partial charge >= 0.3 is 6.36 Å². The summed E-state index contributed by atoms with van der Waals surface area (Å²) in [5, 5.41) is 6.87. The number of hydrogen-bond acceptors (Lipinski definition) is 5. The van der Waals surface area contributed by atoms with Gasteiger partial charge in [-0.05, 0) is 77.9 Å². The van der Waals surface area contributed by atoms with E-state index < -0.39 is 6.36 Å². The van der Waals surface area contributed by atoms with Crippen molar-refractivity contribution in [2.45, 2.75) is 26.6 Å². The van der Waals surface area contributed by atoms with E-state index in [1.165, 1.54) is 41.0 Å². The minimum Gasteiger partial charge on any atom is -0.406 e. The lowest BCUT2D eigenvalue weighted by atomic mass is 9.99. The second-order valence-corrected chi connectivity index (χ2v) is 9.66. The summed E-state index contributed by atoms with van der Waals surface area (Å²) in [5.41, 5.74) is 5.95. The van der Waals surface area contributed by atoms with Crippen LogP contribution in [0.2, 0.25) is 0 Å². The number of alkyl halides is 3. The van der Waals surface area contributed by atoms with Crippen molar-refractivity contribution in [2.75, 3.05) is 6.54 Å². The van der Waals surface area contributed by atoms with Gasteiger partial charge < -0.3 is 9.26 Å². The summed E-state index contributed by atoms with van der Waals surface area (Å²) in [5.74, 6) is 0.180. The molecule has 0 aliphatic heterocycles. The van der Waals surface area contributed by atoms with E-state index in [1.807, 2.05) is 36.5 Å². The summed E-state index contributed by atoms with van der Waals surface area (Å²) in [6.07, 6.45) is -2.19. The van der Waals surface area contributed by atoms with Gasteiger partial charge in [-0.25, -0.2) is 0 Å². The van der Waals surface area contributed by atoms with Crippen molar-refractivity contribution >= 4 is 45.0 Å². The largest absolute Gasteiger partial charge is 0.573 e. The molecule has 0 aliphatic carbocycles. The van der Waals surface area contributed by atoms with E-state index in [4.69, 9.17) is 16.7 Å². The second-order valence-electron chi connectivity index (χ2n) is 9.08. The Morgan fingerprint density at radius 2 is 1.68 bits per heavy atom. The number of aromatic nitrogens is 1. The lowest BCUT2D eigenvalue weighted by Crippen LogP contribution is -2.16. The Morgan fingerprint density at radius 3 is 2.39 bits per heavy atom. The summed E-state index contributed by atoms with van der Waals surface area (Å²) in [6, 6.07) is 21.6. The van der Waals surface area contributed by atoms with Gasteiger partial charge in [-0.1, -0.05) is 53.8 Å². The fourth-order valence-electron chi connectivity index (χ4n) is 4.48. The highest BCUT2D eigenvalue weighted by Gasteiger charge is 2.31. The topological polar surface area (TPSA) is 47.6 Å². The molecule has 0 bridgehead atoms. The molecule has 1 heterocycles. The number of hydrogen-bond donors (Lipinski definition) is 0. The third kappa shape index (κ3) is 5.60. The Morgan fingerprint density at radius 1 is 0.974 bits per heavy atom. The van der Waals surface area contributed by atoms with Crippen LogP contribution >= 0.6 is 12.2 Å². The number of benzene rings is 4. The number of aryl methyl sites for hydroxylation is 2. The van der Waals surface area contributed by atoms with Gasteiger partial charge in [-0.3, -0.25) is 4.99 Å². The zero-order valence-corrected chi connectivity index (χ0v) is 21.5. The van der Waals surface area contributed by atoms with Gasteiger partial charge in [-0.15, -0.1) is 13.2 Å². The summed E-state index contributed by atoms with van der Waals surface area (Å²) in [7, 11) is 0. The van der Waals surface area contributed by atoms with Gasteiger partial charge in [0, 0.05) is 28.4 Å². The van der Waals surface area contributed by atoms with Crippen LogP contribution in [0.3, 0.4) is 0 Å². The van der Waals surface area contributed by atoms with Crippen molar-refractivity contribution in [3.05, 3.63) is 95.1 Å². The summed E-state index contributed by atoms with van der Waals surface area (Å²) >= 11 is 5.58. The number of thiocarbonyl (C=S) groups is 1. The molecule has 0 N–H and O–H groups in total. The van der Waals surface area contributed by atoms with Gasteiger partial charge in [0.05, 0.1) is 11.9 Å². The molecule has 0 saturated heterocycles. The van der Waals surface area contributed by atoms with Crippen molar-refractivity contribution in [1.82, 2.24) is 5.16 Å². The molecule has 0 unspecified atom stereocenters. The first-order valence-corrected chi connectivity index (χ1v) is 12.3. The molecular weight excluding hydrogens is 509 g/mol.